The fraction of sp³-hybridized carbons (Fsp3) is 0.474. The number of alkyl carbamates (subject to hydrolysis) is 1. The number of rotatable bonds is 10. The summed E-state index contributed by atoms with van der Waals surface area (Å²) in [5.74, 6) is -1.80. The van der Waals surface area contributed by atoms with Crippen molar-refractivity contribution < 1.29 is 23.9 Å². The summed E-state index contributed by atoms with van der Waals surface area (Å²) in [5.41, 5.74) is 8.34. The molecule has 0 saturated carbocycles. The minimum absolute atomic E-state index is 0.0611. The van der Waals surface area contributed by atoms with Gasteiger partial charge in [-0.3, -0.25) is 24.8 Å². The first kappa shape index (κ1) is 24.3. The number of primary amides is 1. The van der Waals surface area contributed by atoms with Gasteiger partial charge in [-0.05, 0) is 17.9 Å². The Morgan fingerprint density at radius 1 is 1.17 bits per heavy atom. The van der Waals surface area contributed by atoms with Crippen LogP contribution in [0.3, 0.4) is 0 Å². The van der Waals surface area contributed by atoms with E-state index in [1.54, 1.807) is 0 Å². The van der Waals surface area contributed by atoms with Crippen LogP contribution in [0.2, 0.25) is 0 Å². The van der Waals surface area contributed by atoms with Crippen molar-refractivity contribution in [2.75, 3.05) is 12.3 Å². The first-order valence-corrected chi connectivity index (χ1v) is 9.83. The Bertz CT molecular complexity index is 699. The largest absolute Gasteiger partial charge is 0.445 e. The number of carbonyl (C=O) groups excluding carboxylic acids is 4. The highest BCUT2D eigenvalue weighted by molar-refractivity contribution is 7.81. The lowest BCUT2D eigenvalue weighted by Crippen LogP contribution is -2.55. The van der Waals surface area contributed by atoms with Crippen molar-refractivity contribution >= 4 is 36.4 Å². The maximum atomic E-state index is 12.6. The van der Waals surface area contributed by atoms with Gasteiger partial charge in [0.1, 0.15) is 12.6 Å². The van der Waals surface area contributed by atoms with Crippen LogP contribution >= 0.6 is 12.6 Å². The van der Waals surface area contributed by atoms with Gasteiger partial charge in [0.2, 0.25) is 5.91 Å². The molecule has 1 aromatic rings. The highest BCUT2D eigenvalue weighted by Crippen LogP contribution is 2.07. The van der Waals surface area contributed by atoms with E-state index < -0.39 is 29.9 Å². The molecule has 10 heteroatoms. The van der Waals surface area contributed by atoms with Gasteiger partial charge in [-0.25, -0.2) is 4.79 Å². The van der Waals surface area contributed by atoms with Gasteiger partial charge >= 0.3 is 6.09 Å². The Morgan fingerprint density at radius 2 is 1.83 bits per heavy atom. The maximum Gasteiger partial charge on any atom is 0.408 e. The molecule has 1 rings (SSSR count). The highest BCUT2D eigenvalue weighted by Gasteiger charge is 2.26. The van der Waals surface area contributed by atoms with Gasteiger partial charge in [0.15, 0.2) is 0 Å². The Morgan fingerprint density at radius 3 is 2.38 bits per heavy atom. The lowest BCUT2D eigenvalue weighted by Gasteiger charge is -2.26. The summed E-state index contributed by atoms with van der Waals surface area (Å²) >= 11 is 3.90. The normalized spacial score (nSPS) is 11.4. The molecule has 1 aromatic carbocycles. The number of nitrogens with one attached hydrogen (secondary N) is 2. The van der Waals surface area contributed by atoms with Gasteiger partial charge in [-0.15, -0.1) is 0 Å². The van der Waals surface area contributed by atoms with Crippen molar-refractivity contribution in [3.8, 4) is 0 Å². The van der Waals surface area contributed by atoms with Gasteiger partial charge in [-0.2, -0.15) is 12.6 Å². The third-order valence-corrected chi connectivity index (χ3v) is 4.06. The van der Waals surface area contributed by atoms with Crippen molar-refractivity contribution in [1.29, 1.82) is 0 Å². The molecule has 0 saturated heterocycles. The Labute approximate surface area is 175 Å². The molecule has 29 heavy (non-hydrogen) atoms. The molecule has 1 atom stereocenters. The van der Waals surface area contributed by atoms with Crippen LogP contribution in [0.25, 0.3) is 0 Å². The van der Waals surface area contributed by atoms with E-state index >= 15 is 0 Å². The molecule has 0 radical (unpaired) electrons. The molecule has 4 N–H and O–H groups in total. The van der Waals surface area contributed by atoms with Crippen molar-refractivity contribution in [2.24, 2.45) is 11.7 Å². The van der Waals surface area contributed by atoms with Gasteiger partial charge in [0, 0.05) is 6.42 Å². The number of amides is 4. The minimum Gasteiger partial charge on any atom is -0.445 e. The molecule has 9 nitrogen and oxygen atoms in total. The zero-order valence-corrected chi connectivity index (χ0v) is 17.5. The molecule has 4 amide bonds. The summed E-state index contributed by atoms with van der Waals surface area (Å²) in [5, 5.41) is 3.50. The number of hydrogen-bond donors (Lipinski definition) is 4. The molecule has 0 aliphatic heterocycles. The van der Waals surface area contributed by atoms with Gasteiger partial charge < -0.3 is 15.8 Å². The highest BCUT2D eigenvalue weighted by atomic mass is 32.1. The lowest BCUT2D eigenvalue weighted by molar-refractivity contribution is -0.141. The Hall–Kier alpha value is -2.75. The first-order chi connectivity index (χ1) is 13.7. The van der Waals surface area contributed by atoms with Gasteiger partial charge in [-0.1, -0.05) is 44.2 Å². The SMILES string of the molecule is CC(C)C[C@H](NC(=O)OCc1ccccc1)C(=O)NN(CCC(N)=O)C(=O)CS. The number of hydrazine groups is 1. The van der Waals surface area contributed by atoms with Crippen LogP contribution < -0.4 is 16.5 Å². The molecule has 0 aliphatic rings. The molecule has 0 unspecified atom stereocenters. The molecule has 0 bridgehead atoms. The van der Waals surface area contributed by atoms with Crippen LogP contribution in [0, 0.1) is 5.92 Å². The van der Waals surface area contributed by atoms with Gasteiger partial charge in [0.25, 0.3) is 11.8 Å². The molecule has 160 valence electrons. The number of ether oxygens (including phenoxy) is 1. The molecule has 0 fully saturated rings. The third kappa shape index (κ3) is 9.84. The number of thiol groups is 1. The smallest absolute Gasteiger partial charge is 0.408 e. The van der Waals surface area contributed by atoms with Crippen LogP contribution in [0.1, 0.15) is 32.3 Å². The van der Waals surface area contributed by atoms with E-state index in [-0.39, 0.29) is 31.2 Å². The topological polar surface area (TPSA) is 131 Å². The average molecular weight is 425 g/mol. The van der Waals surface area contributed by atoms with Crippen LogP contribution in [-0.4, -0.2) is 47.2 Å². The molecule has 0 aliphatic carbocycles. The molecule has 0 aromatic heterocycles. The molecule has 0 spiro atoms. The van der Waals surface area contributed by atoms with E-state index in [0.29, 0.717) is 6.42 Å². The summed E-state index contributed by atoms with van der Waals surface area (Å²) < 4.78 is 5.16. The molecule has 0 heterocycles. The summed E-state index contributed by atoms with van der Waals surface area (Å²) in [6.07, 6.45) is -0.550. The summed E-state index contributed by atoms with van der Waals surface area (Å²) in [4.78, 5) is 47.7. The standard InChI is InChI=1S/C19H28N4O5S/c1-13(2)10-15(21-19(27)28-11-14-6-4-3-5-7-14)18(26)22-23(17(25)12-29)9-8-16(20)24/h3-7,13,15,29H,8-12H2,1-2H3,(H2,20,24)(H,21,27)(H,22,26)/t15-/m0/s1. The number of nitrogens with two attached hydrogens (primary N) is 1. The van der Waals surface area contributed by atoms with Crippen molar-refractivity contribution in [3.05, 3.63) is 35.9 Å². The van der Waals surface area contributed by atoms with E-state index in [2.05, 4.69) is 23.4 Å². The summed E-state index contributed by atoms with van der Waals surface area (Å²) in [6, 6.07) is 8.19. The summed E-state index contributed by atoms with van der Waals surface area (Å²) in [6.45, 7) is 3.75. The fourth-order valence-electron chi connectivity index (χ4n) is 2.37. The van der Waals surface area contributed by atoms with Gasteiger partial charge in [0.05, 0.1) is 12.3 Å². The second-order valence-corrected chi connectivity index (χ2v) is 7.10. The van der Waals surface area contributed by atoms with E-state index in [9.17, 15) is 19.2 Å². The molecular formula is C19H28N4O5S. The number of carbonyl (C=O) groups is 4. The number of nitrogens with zero attached hydrogens (tertiary/aromatic N) is 1. The van der Waals surface area contributed by atoms with Crippen LogP contribution in [-0.2, 0) is 25.7 Å². The lowest BCUT2D eigenvalue weighted by atomic mass is 10.0. The van der Waals surface area contributed by atoms with E-state index in [0.717, 1.165) is 10.6 Å². The van der Waals surface area contributed by atoms with E-state index in [1.807, 2.05) is 44.2 Å². The first-order valence-electron chi connectivity index (χ1n) is 9.20. The predicted octanol–water partition coefficient (Wildman–Crippen LogP) is 0.993. The monoisotopic (exact) mass is 424 g/mol. The third-order valence-electron chi connectivity index (χ3n) is 3.79. The second kappa shape index (κ2) is 12.7. The van der Waals surface area contributed by atoms with Crippen LogP contribution in [0.15, 0.2) is 30.3 Å². The summed E-state index contributed by atoms with van der Waals surface area (Å²) in [7, 11) is 0. The van der Waals surface area contributed by atoms with Crippen molar-refractivity contribution in [3.63, 3.8) is 0 Å². The van der Waals surface area contributed by atoms with Crippen LogP contribution in [0.4, 0.5) is 4.79 Å². The number of benzene rings is 1. The average Bonchev–Trinajstić information content (AvgIpc) is 2.68. The Balaban J connectivity index is 2.72. The van der Waals surface area contributed by atoms with E-state index in [1.165, 1.54) is 0 Å². The zero-order chi connectivity index (χ0) is 21.8. The quantitative estimate of drug-likeness (QED) is 0.329. The zero-order valence-electron chi connectivity index (χ0n) is 16.6. The fourth-order valence-corrected chi connectivity index (χ4v) is 2.54. The van der Waals surface area contributed by atoms with E-state index in [4.69, 9.17) is 10.5 Å². The van der Waals surface area contributed by atoms with Crippen molar-refractivity contribution in [1.82, 2.24) is 15.8 Å². The van der Waals surface area contributed by atoms with Crippen molar-refractivity contribution in [2.45, 2.75) is 39.3 Å². The molecular weight excluding hydrogens is 396 g/mol. The predicted molar refractivity (Wildman–Crippen MR) is 111 cm³/mol. The Kier molecular flexibility index (Phi) is 10.6. The second-order valence-electron chi connectivity index (χ2n) is 6.78. The maximum absolute atomic E-state index is 12.6. The minimum atomic E-state index is -0.929. The number of hydrogen-bond acceptors (Lipinski definition) is 6. The van der Waals surface area contributed by atoms with Crippen LogP contribution in [0.5, 0.6) is 0 Å².